The van der Waals surface area contributed by atoms with Crippen LogP contribution >= 0.6 is 11.3 Å². The SMILES string of the molecule is COCCN(CCOC)c1ncnc(Nc2nc3c(C)cccc3s2)c1[N+](=O)[O-]. The summed E-state index contributed by atoms with van der Waals surface area (Å²) in [5.41, 5.74) is 1.68. The highest BCUT2D eigenvalue weighted by Gasteiger charge is 2.27. The number of nitro groups is 1. The number of aromatic nitrogens is 3. The minimum Gasteiger partial charge on any atom is -0.383 e. The summed E-state index contributed by atoms with van der Waals surface area (Å²) in [6.45, 7) is 3.62. The van der Waals surface area contributed by atoms with Crippen LogP contribution in [0.4, 0.5) is 22.5 Å². The van der Waals surface area contributed by atoms with Crippen LogP contribution in [0.1, 0.15) is 5.56 Å². The molecule has 0 amide bonds. The smallest absolute Gasteiger partial charge is 0.353 e. The molecule has 0 radical (unpaired) electrons. The molecule has 0 aliphatic carbocycles. The molecule has 2 heterocycles. The third kappa shape index (κ3) is 4.75. The lowest BCUT2D eigenvalue weighted by Gasteiger charge is -2.23. The molecule has 0 bridgehead atoms. The number of rotatable bonds is 10. The number of methoxy groups -OCH3 is 2. The van der Waals surface area contributed by atoms with Gasteiger partial charge in [-0.2, -0.15) is 0 Å². The Kier molecular flexibility index (Phi) is 6.86. The molecule has 0 fully saturated rings. The summed E-state index contributed by atoms with van der Waals surface area (Å²) in [6.07, 6.45) is 1.30. The first-order valence-corrected chi connectivity index (χ1v) is 9.72. The van der Waals surface area contributed by atoms with Crippen molar-refractivity contribution >= 4 is 44.0 Å². The summed E-state index contributed by atoms with van der Waals surface area (Å²) in [4.78, 5) is 26.0. The number of anilines is 3. The van der Waals surface area contributed by atoms with Crippen molar-refractivity contribution in [3.05, 3.63) is 40.2 Å². The largest absolute Gasteiger partial charge is 0.383 e. The van der Waals surface area contributed by atoms with E-state index in [0.717, 1.165) is 15.8 Å². The van der Waals surface area contributed by atoms with Gasteiger partial charge in [0.15, 0.2) is 5.13 Å². The second kappa shape index (κ2) is 9.54. The highest BCUT2D eigenvalue weighted by atomic mass is 32.1. The Morgan fingerprint density at radius 3 is 2.55 bits per heavy atom. The summed E-state index contributed by atoms with van der Waals surface area (Å²) in [5, 5.41) is 15.4. The van der Waals surface area contributed by atoms with Crippen LogP contribution in [0.2, 0.25) is 0 Å². The number of hydrogen-bond donors (Lipinski definition) is 1. The average molecular weight is 418 g/mol. The van der Waals surface area contributed by atoms with Gasteiger partial charge in [0.2, 0.25) is 11.6 Å². The fourth-order valence-electron chi connectivity index (χ4n) is 2.83. The number of aryl methyl sites for hydroxylation is 1. The molecular formula is C18H22N6O4S. The van der Waals surface area contributed by atoms with Gasteiger partial charge in [-0.1, -0.05) is 23.5 Å². The summed E-state index contributed by atoms with van der Waals surface area (Å²) in [5.74, 6) is 0.301. The van der Waals surface area contributed by atoms with Crippen LogP contribution in [-0.4, -0.2) is 60.4 Å². The predicted octanol–water partition coefficient (Wildman–Crippen LogP) is 3.15. The van der Waals surface area contributed by atoms with Gasteiger partial charge < -0.3 is 19.7 Å². The molecule has 3 rings (SSSR count). The zero-order valence-electron chi connectivity index (χ0n) is 16.4. The highest BCUT2D eigenvalue weighted by Crippen LogP contribution is 2.36. The Morgan fingerprint density at radius 1 is 1.21 bits per heavy atom. The van der Waals surface area contributed by atoms with Gasteiger partial charge in [0, 0.05) is 27.3 Å². The number of nitrogens with zero attached hydrogens (tertiary/aromatic N) is 5. The van der Waals surface area contributed by atoms with E-state index in [1.807, 2.05) is 25.1 Å². The molecule has 3 aromatic rings. The molecule has 0 atom stereocenters. The Bertz CT molecular complexity index is 988. The zero-order valence-corrected chi connectivity index (χ0v) is 17.2. The van der Waals surface area contributed by atoms with Gasteiger partial charge in [0.05, 0.1) is 28.4 Å². The molecule has 1 aromatic carbocycles. The van der Waals surface area contributed by atoms with Crippen molar-refractivity contribution in [2.24, 2.45) is 0 Å². The summed E-state index contributed by atoms with van der Waals surface area (Å²) < 4.78 is 11.2. The lowest BCUT2D eigenvalue weighted by Crippen LogP contribution is -2.32. The van der Waals surface area contributed by atoms with Gasteiger partial charge in [0.25, 0.3) is 0 Å². The number of hydrogen-bond acceptors (Lipinski definition) is 10. The molecule has 10 nitrogen and oxygen atoms in total. The summed E-state index contributed by atoms with van der Waals surface area (Å²) in [6, 6.07) is 5.89. The van der Waals surface area contributed by atoms with Crippen LogP contribution in [-0.2, 0) is 9.47 Å². The van der Waals surface area contributed by atoms with Crippen molar-refractivity contribution in [1.82, 2.24) is 15.0 Å². The van der Waals surface area contributed by atoms with Crippen molar-refractivity contribution < 1.29 is 14.4 Å². The first-order valence-electron chi connectivity index (χ1n) is 8.90. The maximum atomic E-state index is 11.9. The van der Waals surface area contributed by atoms with Crippen LogP contribution in [0.25, 0.3) is 10.2 Å². The van der Waals surface area contributed by atoms with Gasteiger partial charge >= 0.3 is 5.69 Å². The Labute approximate surface area is 171 Å². The van der Waals surface area contributed by atoms with E-state index in [1.54, 1.807) is 19.1 Å². The first-order chi connectivity index (χ1) is 14.0. The van der Waals surface area contributed by atoms with E-state index < -0.39 is 4.92 Å². The number of para-hydroxylation sites is 1. The Hall–Kier alpha value is -2.89. The van der Waals surface area contributed by atoms with Gasteiger partial charge in [-0.3, -0.25) is 10.1 Å². The molecule has 11 heteroatoms. The van der Waals surface area contributed by atoms with Crippen LogP contribution in [0.15, 0.2) is 24.5 Å². The second-order valence-corrected chi connectivity index (χ2v) is 7.22. The van der Waals surface area contributed by atoms with Crippen LogP contribution in [0.3, 0.4) is 0 Å². The lowest BCUT2D eigenvalue weighted by atomic mass is 10.2. The molecule has 29 heavy (non-hydrogen) atoms. The third-order valence-corrected chi connectivity index (χ3v) is 5.20. The van der Waals surface area contributed by atoms with Crippen LogP contribution in [0, 0.1) is 17.0 Å². The average Bonchev–Trinajstić information content (AvgIpc) is 3.12. The third-order valence-electron chi connectivity index (χ3n) is 4.26. The molecule has 0 aliphatic rings. The van der Waals surface area contributed by atoms with E-state index in [-0.39, 0.29) is 17.3 Å². The minimum absolute atomic E-state index is 0.0940. The summed E-state index contributed by atoms with van der Waals surface area (Å²) in [7, 11) is 3.15. The fourth-order valence-corrected chi connectivity index (χ4v) is 3.77. The van der Waals surface area contributed by atoms with Crippen LogP contribution < -0.4 is 10.2 Å². The molecule has 0 aliphatic heterocycles. The fraction of sp³-hybridized carbons (Fsp3) is 0.389. The molecular weight excluding hydrogens is 396 g/mol. The van der Waals surface area contributed by atoms with E-state index in [1.165, 1.54) is 17.7 Å². The quantitative estimate of drug-likeness (QED) is 0.391. The van der Waals surface area contributed by atoms with E-state index in [9.17, 15) is 10.1 Å². The zero-order chi connectivity index (χ0) is 20.8. The molecule has 2 aromatic heterocycles. The monoisotopic (exact) mass is 418 g/mol. The Morgan fingerprint density at radius 2 is 1.93 bits per heavy atom. The molecule has 0 spiro atoms. The molecule has 0 unspecified atom stereocenters. The number of benzene rings is 1. The molecule has 154 valence electrons. The van der Waals surface area contributed by atoms with Crippen molar-refractivity contribution in [3.8, 4) is 0 Å². The molecule has 0 saturated heterocycles. The van der Waals surface area contributed by atoms with E-state index in [4.69, 9.17) is 9.47 Å². The van der Waals surface area contributed by atoms with Crippen molar-refractivity contribution in [1.29, 1.82) is 0 Å². The van der Waals surface area contributed by atoms with Gasteiger partial charge in [-0.25, -0.2) is 15.0 Å². The molecule has 1 N–H and O–H groups in total. The number of nitrogens with one attached hydrogen (secondary N) is 1. The second-order valence-electron chi connectivity index (χ2n) is 6.19. The maximum absolute atomic E-state index is 11.9. The number of ether oxygens (including phenoxy) is 2. The van der Waals surface area contributed by atoms with Gasteiger partial charge in [0.1, 0.15) is 6.33 Å². The van der Waals surface area contributed by atoms with E-state index in [0.29, 0.717) is 31.4 Å². The highest BCUT2D eigenvalue weighted by molar-refractivity contribution is 7.22. The van der Waals surface area contributed by atoms with Gasteiger partial charge in [-0.15, -0.1) is 0 Å². The van der Waals surface area contributed by atoms with Gasteiger partial charge in [-0.05, 0) is 18.6 Å². The van der Waals surface area contributed by atoms with Crippen molar-refractivity contribution in [2.45, 2.75) is 6.92 Å². The summed E-state index contributed by atoms with van der Waals surface area (Å²) >= 11 is 1.41. The van der Waals surface area contributed by atoms with E-state index in [2.05, 4.69) is 20.3 Å². The first kappa shape index (κ1) is 20.8. The lowest BCUT2D eigenvalue weighted by molar-refractivity contribution is -0.383. The topological polar surface area (TPSA) is 116 Å². The number of fused-ring (bicyclic) bond motifs is 1. The predicted molar refractivity (Wildman–Crippen MR) is 112 cm³/mol. The van der Waals surface area contributed by atoms with E-state index >= 15 is 0 Å². The number of thiazole rings is 1. The molecule has 0 saturated carbocycles. The minimum atomic E-state index is -0.483. The van der Waals surface area contributed by atoms with Crippen molar-refractivity contribution in [2.75, 3.05) is 50.7 Å². The van der Waals surface area contributed by atoms with Crippen LogP contribution in [0.5, 0.6) is 0 Å². The van der Waals surface area contributed by atoms with Crippen molar-refractivity contribution in [3.63, 3.8) is 0 Å². The Balaban J connectivity index is 1.98. The standard InChI is InChI=1S/C18H22N6O4S/c1-12-5-4-6-13-14(12)21-18(29-13)22-16-15(24(25)26)17(20-11-19-16)23(7-9-27-2)8-10-28-3/h4-6,11H,7-10H2,1-3H3,(H,19,20,21,22). The normalized spacial score (nSPS) is 11.0. The maximum Gasteiger partial charge on any atom is 0.353 e.